The summed E-state index contributed by atoms with van der Waals surface area (Å²) in [6, 6.07) is 7.66. The summed E-state index contributed by atoms with van der Waals surface area (Å²) in [6.45, 7) is 5.88. The minimum Gasteiger partial charge on any atom is -0.491 e. The minimum atomic E-state index is -0.0698. The van der Waals surface area contributed by atoms with Crippen molar-refractivity contribution in [1.82, 2.24) is 24.6 Å². The second-order valence-electron chi connectivity index (χ2n) is 7.40. The minimum absolute atomic E-state index is 0.000139. The number of benzene rings is 1. The molecule has 9 nitrogen and oxygen atoms in total. The lowest BCUT2D eigenvalue weighted by molar-refractivity contribution is -0.127. The number of anilines is 1. The number of amides is 1. The smallest absolute Gasteiger partial charge is 0.246 e. The summed E-state index contributed by atoms with van der Waals surface area (Å²) in [4.78, 5) is 22.6. The van der Waals surface area contributed by atoms with Crippen molar-refractivity contribution in [1.29, 1.82) is 0 Å². The summed E-state index contributed by atoms with van der Waals surface area (Å²) >= 11 is 0. The number of carbonyl (C=O) groups excluding carboxylic acids is 1. The Kier molecular flexibility index (Phi) is 6.13. The zero-order valence-electron chi connectivity index (χ0n) is 17.5. The van der Waals surface area contributed by atoms with E-state index in [1.54, 1.807) is 12.0 Å². The zero-order chi connectivity index (χ0) is 21.8. The van der Waals surface area contributed by atoms with Crippen molar-refractivity contribution in [3.05, 3.63) is 43.2 Å². The van der Waals surface area contributed by atoms with Crippen LogP contribution >= 0.6 is 0 Å². The van der Waals surface area contributed by atoms with Crippen LogP contribution in [-0.4, -0.2) is 64.0 Å². The third kappa shape index (κ3) is 4.22. The van der Waals surface area contributed by atoms with Gasteiger partial charge in [-0.25, -0.2) is 14.6 Å². The highest BCUT2D eigenvalue weighted by molar-refractivity contribution is 5.98. The van der Waals surface area contributed by atoms with Crippen LogP contribution in [0.4, 0.5) is 5.82 Å². The molecule has 2 aromatic heterocycles. The van der Waals surface area contributed by atoms with E-state index in [2.05, 4.69) is 16.5 Å². The van der Waals surface area contributed by atoms with Gasteiger partial charge >= 0.3 is 0 Å². The molecule has 0 bridgehead atoms. The Labute approximate surface area is 180 Å². The molecular formula is C22H26N6O3. The Balaban J connectivity index is 1.69. The van der Waals surface area contributed by atoms with Crippen molar-refractivity contribution in [2.24, 2.45) is 0 Å². The van der Waals surface area contributed by atoms with Gasteiger partial charge in [0.25, 0.3) is 0 Å². The Morgan fingerprint density at radius 2 is 2.10 bits per heavy atom. The first-order chi connectivity index (χ1) is 15.1. The molecule has 1 saturated heterocycles. The maximum Gasteiger partial charge on any atom is 0.246 e. The van der Waals surface area contributed by atoms with Gasteiger partial charge in [0, 0.05) is 25.8 Å². The second kappa shape index (κ2) is 9.13. The van der Waals surface area contributed by atoms with Gasteiger partial charge in [-0.15, -0.1) is 0 Å². The first-order valence-electron chi connectivity index (χ1n) is 10.2. The van der Waals surface area contributed by atoms with Gasteiger partial charge in [-0.3, -0.25) is 4.79 Å². The summed E-state index contributed by atoms with van der Waals surface area (Å²) in [5, 5.41) is 5.59. The summed E-state index contributed by atoms with van der Waals surface area (Å²) in [6.07, 6.45) is 4.58. The second-order valence-corrected chi connectivity index (χ2v) is 7.40. The predicted molar refractivity (Wildman–Crippen MR) is 118 cm³/mol. The highest BCUT2D eigenvalue weighted by Crippen LogP contribution is 2.34. The molecule has 0 saturated carbocycles. The number of fused-ring (bicyclic) bond motifs is 1. The summed E-state index contributed by atoms with van der Waals surface area (Å²) in [5.41, 5.74) is 8.49. The molecule has 4 rings (SSSR count). The highest BCUT2D eigenvalue weighted by Gasteiger charge is 2.27. The van der Waals surface area contributed by atoms with E-state index in [4.69, 9.17) is 20.3 Å². The molecule has 1 fully saturated rings. The number of methoxy groups -OCH3 is 1. The van der Waals surface area contributed by atoms with Crippen LogP contribution in [0.5, 0.6) is 5.75 Å². The highest BCUT2D eigenvalue weighted by atomic mass is 16.5. The molecule has 0 aliphatic carbocycles. The van der Waals surface area contributed by atoms with Crippen LogP contribution in [0.25, 0.3) is 22.3 Å². The molecule has 31 heavy (non-hydrogen) atoms. The Morgan fingerprint density at radius 1 is 1.29 bits per heavy atom. The van der Waals surface area contributed by atoms with Crippen molar-refractivity contribution in [3.63, 3.8) is 0 Å². The average molecular weight is 422 g/mol. The van der Waals surface area contributed by atoms with Crippen LogP contribution in [0.1, 0.15) is 18.9 Å². The number of nitrogens with zero attached hydrogens (tertiary/aromatic N) is 5. The van der Waals surface area contributed by atoms with Crippen LogP contribution in [0.15, 0.2) is 43.2 Å². The fourth-order valence-corrected chi connectivity index (χ4v) is 3.89. The molecule has 1 aliphatic heterocycles. The van der Waals surface area contributed by atoms with E-state index in [0.29, 0.717) is 42.3 Å². The van der Waals surface area contributed by atoms with Gasteiger partial charge in [0.15, 0.2) is 5.65 Å². The van der Waals surface area contributed by atoms with E-state index >= 15 is 0 Å². The van der Waals surface area contributed by atoms with Crippen LogP contribution in [0.2, 0.25) is 0 Å². The summed E-state index contributed by atoms with van der Waals surface area (Å²) in [7, 11) is 1.64. The van der Waals surface area contributed by atoms with Crippen molar-refractivity contribution in [3.8, 4) is 17.0 Å². The van der Waals surface area contributed by atoms with E-state index in [9.17, 15) is 4.79 Å². The van der Waals surface area contributed by atoms with E-state index in [0.717, 1.165) is 30.7 Å². The zero-order valence-corrected chi connectivity index (χ0v) is 17.5. The third-order valence-electron chi connectivity index (χ3n) is 5.43. The number of piperidine rings is 1. The van der Waals surface area contributed by atoms with E-state index in [-0.39, 0.29) is 11.9 Å². The molecule has 162 valence electrons. The van der Waals surface area contributed by atoms with Gasteiger partial charge in [-0.2, -0.15) is 5.10 Å². The fraction of sp³-hybridized carbons (Fsp3) is 0.364. The number of nitrogens with two attached hydrogens (primary N) is 1. The number of carbonyl (C=O) groups is 1. The average Bonchev–Trinajstić information content (AvgIpc) is 3.20. The molecule has 1 atom stereocenters. The van der Waals surface area contributed by atoms with Crippen molar-refractivity contribution in [2.45, 2.75) is 18.9 Å². The van der Waals surface area contributed by atoms with Gasteiger partial charge in [0.1, 0.15) is 30.2 Å². The van der Waals surface area contributed by atoms with Crippen molar-refractivity contribution in [2.75, 3.05) is 39.1 Å². The van der Waals surface area contributed by atoms with Crippen molar-refractivity contribution < 1.29 is 14.3 Å². The van der Waals surface area contributed by atoms with Crippen LogP contribution in [0.3, 0.4) is 0 Å². The SMILES string of the molecule is C=CC(=O)N1CCC[C@@H](n2nc(-c3ccc(OCCOC)cc3)c3c(N)ncnc32)C1. The summed E-state index contributed by atoms with van der Waals surface area (Å²) in [5.74, 6) is 1.06. The van der Waals surface area contributed by atoms with Crippen LogP contribution in [0, 0.1) is 0 Å². The Bertz CT molecular complexity index is 1080. The molecule has 1 aliphatic rings. The topological polar surface area (TPSA) is 108 Å². The number of rotatable bonds is 7. The lowest BCUT2D eigenvalue weighted by Gasteiger charge is -2.32. The van der Waals surface area contributed by atoms with Gasteiger partial charge < -0.3 is 20.1 Å². The Morgan fingerprint density at radius 3 is 2.84 bits per heavy atom. The number of likely N-dealkylation sites (tertiary alicyclic amines) is 1. The molecule has 0 spiro atoms. The number of ether oxygens (including phenoxy) is 2. The normalized spacial score (nSPS) is 16.4. The first kappa shape index (κ1) is 20.8. The number of hydrogen-bond acceptors (Lipinski definition) is 7. The summed E-state index contributed by atoms with van der Waals surface area (Å²) < 4.78 is 12.5. The van der Waals surface area contributed by atoms with Gasteiger partial charge in [0.2, 0.25) is 5.91 Å². The molecule has 3 heterocycles. The van der Waals surface area contributed by atoms with Gasteiger partial charge in [-0.1, -0.05) is 6.58 Å². The van der Waals surface area contributed by atoms with Crippen molar-refractivity contribution >= 4 is 22.8 Å². The Hall–Kier alpha value is -3.46. The van der Waals surface area contributed by atoms with E-state index in [1.807, 2.05) is 28.9 Å². The molecule has 0 radical (unpaired) electrons. The molecule has 0 unspecified atom stereocenters. The number of aromatic nitrogens is 4. The standard InChI is InChI=1S/C22H26N6O3/c1-3-18(29)27-10-4-5-16(13-27)28-22-19(21(23)24-14-25-22)20(26-28)15-6-8-17(9-7-15)31-12-11-30-2/h3,6-9,14,16H,1,4-5,10-13H2,2H3,(H2,23,24,25)/t16-/m1/s1. The largest absolute Gasteiger partial charge is 0.491 e. The van der Waals surface area contributed by atoms with E-state index in [1.165, 1.54) is 12.4 Å². The molecule has 1 amide bonds. The lowest BCUT2D eigenvalue weighted by Crippen LogP contribution is -2.40. The number of nitrogen functional groups attached to an aromatic ring is 1. The van der Waals surface area contributed by atoms with Crippen LogP contribution < -0.4 is 10.5 Å². The quantitative estimate of drug-likeness (QED) is 0.460. The maximum absolute atomic E-state index is 12.1. The number of hydrogen-bond donors (Lipinski definition) is 1. The molecule has 9 heteroatoms. The fourth-order valence-electron chi connectivity index (χ4n) is 3.89. The maximum atomic E-state index is 12.1. The molecule has 3 aromatic rings. The predicted octanol–water partition coefficient (Wildman–Crippen LogP) is 2.45. The monoisotopic (exact) mass is 422 g/mol. The molecular weight excluding hydrogens is 396 g/mol. The lowest BCUT2D eigenvalue weighted by atomic mass is 10.1. The first-order valence-corrected chi connectivity index (χ1v) is 10.2. The van der Waals surface area contributed by atoms with Crippen LogP contribution in [-0.2, 0) is 9.53 Å². The molecule has 2 N–H and O–H groups in total. The molecule has 1 aromatic carbocycles. The third-order valence-corrected chi connectivity index (χ3v) is 5.43. The van der Waals surface area contributed by atoms with Gasteiger partial charge in [-0.05, 0) is 43.2 Å². The van der Waals surface area contributed by atoms with E-state index < -0.39 is 0 Å². The van der Waals surface area contributed by atoms with Gasteiger partial charge in [0.05, 0.1) is 18.0 Å².